The van der Waals surface area contributed by atoms with Crippen molar-refractivity contribution in [1.82, 2.24) is 0 Å². The molecule has 6 aromatic carbocycles. The van der Waals surface area contributed by atoms with Crippen molar-refractivity contribution in [3.8, 4) is 0 Å². The van der Waals surface area contributed by atoms with Crippen LogP contribution in [-0.2, 0) is 16.2 Å². The first kappa shape index (κ1) is 34.5. The fourth-order valence-corrected chi connectivity index (χ4v) is 8.85. The number of hydrogen-bond donors (Lipinski definition) is 0. The van der Waals surface area contributed by atoms with E-state index >= 15 is 0 Å². The lowest BCUT2D eigenvalue weighted by Gasteiger charge is -2.45. The third kappa shape index (κ3) is 5.24. The predicted molar refractivity (Wildman–Crippen MR) is 233 cm³/mol. The van der Waals surface area contributed by atoms with Crippen LogP contribution in [0.1, 0.15) is 90.1 Å². The fraction of sp³-hybridized carbons (Fsp3) is 0.280. The zero-order chi connectivity index (χ0) is 38.1. The van der Waals surface area contributed by atoms with E-state index < -0.39 is 0 Å². The molecular formula is C50H51BN2O. The lowest BCUT2D eigenvalue weighted by molar-refractivity contribution is 0.590. The Morgan fingerprint density at radius 3 is 1.61 bits per heavy atom. The van der Waals surface area contributed by atoms with Crippen LogP contribution in [0.25, 0.3) is 21.9 Å². The highest BCUT2D eigenvalue weighted by Gasteiger charge is 2.44. The summed E-state index contributed by atoms with van der Waals surface area (Å²) in [5.41, 5.74) is 19.6. The van der Waals surface area contributed by atoms with Crippen molar-refractivity contribution in [3.63, 3.8) is 0 Å². The van der Waals surface area contributed by atoms with Gasteiger partial charge in [0.1, 0.15) is 11.2 Å². The molecule has 0 unspecified atom stereocenters. The molecule has 270 valence electrons. The summed E-state index contributed by atoms with van der Waals surface area (Å²) in [7, 11) is 0. The summed E-state index contributed by atoms with van der Waals surface area (Å²) < 4.78 is 6.62. The van der Waals surface area contributed by atoms with E-state index in [2.05, 4.69) is 195 Å². The summed E-state index contributed by atoms with van der Waals surface area (Å²) >= 11 is 0. The summed E-state index contributed by atoms with van der Waals surface area (Å²) in [5, 5.41) is 2.30. The Morgan fingerprint density at radius 1 is 0.500 bits per heavy atom. The number of rotatable bonds is 2. The predicted octanol–water partition coefficient (Wildman–Crippen LogP) is 12.2. The van der Waals surface area contributed by atoms with Gasteiger partial charge in [0.05, 0.1) is 11.1 Å². The maximum Gasteiger partial charge on any atom is 0.252 e. The van der Waals surface area contributed by atoms with Gasteiger partial charge in [0.25, 0.3) is 6.71 Å². The molecule has 4 heteroatoms. The van der Waals surface area contributed by atoms with Gasteiger partial charge in [-0.1, -0.05) is 123 Å². The Labute approximate surface area is 321 Å². The summed E-state index contributed by atoms with van der Waals surface area (Å²) in [4.78, 5) is 5.08. The van der Waals surface area contributed by atoms with Crippen molar-refractivity contribution in [2.24, 2.45) is 0 Å². The van der Waals surface area contributed by atoms with E-state index in [0.29, 0.717) is 0 Å². The normalized spacial score (nSPS) is 14.1. The second-order valence-electron chi connectivity index (χ2n) is 18.9. The monoisotopic (exact) mass is 706 g/mol. The molecule has 0 aliphatic carbocycles. The lowest BCUT2D eigenvalue weighted by Crippen LogP contribution is -2.61. The minimum Gasteiger partial charge on any atom is -0.456 e. The zero-order valence-electron chi connectivity index (χ0n) is 33.8. The first-order chi connectivity index (χ1) is 25.5. The third-order valence-electron chi connectivity index (χ3n) is 11.9. The molecule has 0 fully saturated rings. The minimum atomic E-state index is -0.0142. The van der Waals surface area contributed by atoms with E-state index in [4.69, 9.17) is 4.42 Å². The van der Waals surface area contributed by atoms with Crippen LogP contribution in [0.4, 0.5) is 34.1 Å². The summed E-state index contributed by atoms with van der Waals surface area (Å²) in [6, 6.07) is 41.7. The van der Waals surface area contributed by atoms with Gasteiger partial charge < -0.3 is 14.2 Å². The maximum absolute atomic E-state index is 6.62. The highest BCUT2D eigenvalue weighted by molar-refractivity contribution is 7.00. The molecule has 54 heavy (non-hydrogen) atoms. The van der Waals surface area contributed by atoms with Gasteiger partial charge in [-0.25, -0.2) is 0 Å². The number of anilines is 6. The summed E-state index contributed by atoms with van der Waals surface area (Å²) in [6.45, 7) is 25.3. The van der Waals surface area contributed by atoms with Gasteiger partial charge >= 0.3 is 0 Å². The van der Waals surface area contributed by atoms with E-state index in [-0.39, 0.29) is 23.0 Å². The van der Waals surface area contributed by atoms with E-state index in [1.807, 2.05) is 0 Å². The summed E-state index contributed by atoms with van der Waals surface area (Å²) in [5.74, 6) is 0. The number of aryl methyl sites for hydroxylation is 2. The number of para-hydroxylation sites is 1. The smallest absolute Gasteiger partial charge is 0.252 e. The maximum atomic E-state index is 6.62. The van der Waals surface area contributed by atoms with Gasteiger partial charge in [0.15, 0.2) is 0 Å². The van der Waals surface area contributed by atoms with E-state index in [9.17, 15) is 0 Å². The van der Waals surface area contributed by atoms with Crippen LogP contribution in [0.2, 0.25) is 0 Å². The van der Waals surface area contributed by atoms with Gasteiger partial charge in [0, 0.05) is 33.8 Å². The van der Waals surface area contributed by atoms with Gasteiger partial charge in [-0.15, -0.1) is 0 Å². The first-order valence-electron chi connectivity index (χ1n) is 19.6. The van der Waals surface area contributed by atoms with Crippen molar-refractivity contribution in [2.75, 3.05) is 9.80 Å². The van der Waals surface area contributed by atoms with Crippen LogP contribution < -0.4 is 26.2 Å². The van der Waals surface area contributed by atoms with E-state index in [1.54, 1.807) is 0 Å². The van der Waals surface area contributed by atoms with Crippen LogP contribution >= 0.6 is 0 Å². The van der Waals surface area contributed by atoms with Crippen LogP contribution in [0.3, 0.4) is 0 Å². The Balaban J connectivity index is 1.41. The first-order valence-corrected chi connectivity index (χ1v) is 19.6. The Bertz CT molecular complexity index is 2640. The molecule has 0 saturated heterocycles. The number of furan rings is 1. The van der Waals surface area contributed by atoms with Crippen LogP contribution in [0.5, 0.6) is 0 Å². The quantitative estimate of drug-likeness (QED) is 0.167. The average molecular weight is 707 g/mol. The second kappa shape index (κ2) is 11.6. The fourth-order valence-electron chi connectivity index (χ4n) is 8.85. The van der Waals surface area contributed by atoms with Gasteiger partial charge in [-0.05, 0) is 123 Å². The summed E-state index contributed by atoms with van der Waals surface area (Å²) in [6.07, 6.45) is 0. The number of hydrogen-bond acceptors (Lipinski definition) is 3. The van der Waals surface area contributed by atoms with Crippen molar-refractivity contribution in [3.05, 3.63) is 137 Å². The highest BCUT2D eigenvalue weighted by Crippen LogP contribution is 2.48. The average Bonchev–Trinajstić information content (AvgIpc) is 3.51. The van der Waals surface area contributed by atoms with Gasteiger partial charge in [-0.2, -0.15) is 0 Å². The molecule has 3 nitrogen and oxygen atoms in total. The molecule has 0 spiro atoms. The Morgan fingerprint density at radius 2 is 1.02 bits per heavy atom. The molecule has 3 heterocycles. The standard InChI is InChI=1S/C50H51BN2O/c1-30-26-42-46-43(27-30)53(41-23-16-31(2)47-45(41)36-14-12-13-15-44(36)54-47)40-25-20-34(50(9,10)11)29-38(40)51(46)37-28-33(49(6,7)8)19-24-39(37)52(42)35-21-17-32(18-22-35)48(3,4)5/h12-29H,1-11H3. The highest BCUT2D eigenvalue weighted by atomic mass is 16.3. The molecule has 0 amide bonds. The van der Waals surface area contributed by atoms with Crippen molar-refractivity contribution >= 4 is 79.2 Å². The molecule has 9 rings (SSSR count). The van der Waals surface area contributed by atoms with E-state index in [0.717, 1.165) is 33.2 Å². The molecule has 0 bridgehead atoms. The van der Waals surface area contributed by atoms with E-state index in [1.165, 1.54) is 67.1 Å². The third-order valence-corrected chi connectivity index (χ3v) is 11.9. The molecular weight excluding hydrogens is 655 g/mol. The largest absolute Gasteiger partial charge is 0.456 e. The van der Waals surface area contributed by atoms with Crippen LogP contribution in [0, 0.1) is 13.8 Å². The molecule has 0 saturated carbocycles. The zero-order valence-corrected chi connectivity index (χ0v) is 33.8. The number of nitrogens with zero attached hydrogens (tertiary/aromatic N) is 2. The molecule has 2 aliphatic heterocycles. The Hall–Kier alpha value is -5.22. The topological polar surface area (TPSA) is 19.6 Å². The van der Waals surface area contributed by atoms with Crippen molar-refractivity contribution in [1.29, 1.82) is 0 Å². The molecule has 0 atom stereocenters. The number of fused-ring (bicyclic) bond motifs is 7. The second-order valence-corrected chi connectivity index (χ2v) is 18.9. The van der Waals surface area contributed by atoms with Crippen molar-refractivity contribution < 1.29 is 4.42 Å². The SMILES string of the molecule is Cc1cc2c3c(c1)N(c1ccc(C)c4oc5ccccc5c14)c1ccc(C(C)(C)C)cc1B3c1cc(C(C)(C)C)ccc1N2c1ccc(C(C)(C)C)cc1. The molecule has 7 aromatic rings. The molecule has 2 aliphatic rings. The van der Waals surface area contributed by atoms with Crippen LogP contribution in [-0.4, -0.2) is 6.71 Å². The molecule has 0 N–H and O–H groups in total. The lowest BCUT2D eigenvalue weighted by atomic mass is 9.33. The van der Waals surface area contributed by atoms with Crippen molar-refractivity contribution in [2.45, 2.75) is 92.4 Å². The Kier molecular flexibility index (Phi) is 7.45. The van der Waals surface area contributed by atoms with Crippen LogP contribution in [0.15, 0.2) is 114 Å². The number of benzene rings is 6. The molecule has 1 aromatic heterocycles. The minimum absolute atomic E-state index is 0.00274. The van der Waals surface area contributed by atoms with Gasteiger partial charge in [0.2, 0.25) is 0 Å². The molecule has 0 radical (unpaired) electrons. The van der Waals surface area contributed by atoms with Gasteiger partial charge in [-0.3, -0.25) is 0 Å².